The van der Waals surface area contributed by atoms with Crippen molar-refractivity contribution >= 4 is 50.6 Å². The Morgan fingerprint density at radius 3 is 2.77 bits per heavy atom. The summed E-state index contributed by atoms with van der Waals surface area (Å²) in [5.74, 6) is 0.0448. The average molecular weight is 514 g/mol. The Balaban J connectivity index is 2.09. The average Bonchev–Trinajstić information content (AvgIpc) is 3.17. The Labute approximate surface area is 192 Å². The van der Waals surface area contributed by atoms with E-state index < -0.39 is 12.1 Å². The Morgan fingerprint density at radius 1 is 1.32 bits per heavy atom. The van der Waals surface area contributed by atoms with Gasteiger partial charge < -0.3 is 18.9 Å². The summed E-state index contributed by atoms with van der Waals surface area (Å²) in [6.45, 7) is 5.95. The van der Waals surface area contributed by atoms with E-state index in [0.29, 0.717) is 40.0 Å². The number of rotatable bonds is 11. The third-order valence-corrected chi connectivity index (χ3v) is 5.10. The fraction of sp³-hybridized carbons (Fsp3) is 0.400. The number of carbonyl (C=O) groups is 2. The van der Waals surface area contributed by atoms with Crippen LogP contribution in [0.2, 0.25) is 0 Å². The number of esters is 2. The highest BCUT2D eigenvalue weighted by molar-refractivity contribution is 9.10. The maximum absolute atomic E-state index is 11.7. The monoisotopic (exact) mass is 513 g/mol. The van der Waals surface area contributed by atoms with Gasteiger partial charge in [-0.05, 0) is 54.4 Å². The van der Waals surface area contributed by atoms with Crippen LogP contribution in [0, 0.1) is 0 Å². The SMILES string of the molecule is CCOC(=O)Cc1csc(NN=Cc2cc(Br)c(OC(C)C(=O)OC)c(OCC)c2)n1. The first kappa shape index (κ1) is 24.6. The van der Waals surface area contributed by atoms with E-state index in [2.05, 4.69) is 31.4 Å². The van der Waals surface area contributed by atoms with Crippen LogP contribution in [-0.4, -0.2) is 49.6 Å². The van der Waals surface area contributed by atoms with E-state index in [0.717, 1.165) is 5.56 Å². The molecular formula is C20H24BrN3O6S. The standard InChI is InChI=1S/C20H24BrN3O6S/c1-5-28-16-8-13(7-15(21)18(16)30-12(3)19(26)27-4)10-22-24-20-23-14(11-31-20)9-17(25)29-6-2/h7-8,10-12H,5-6,9H2,1-4H3,(H,23,24). The Kier molecular flexibility index (Phi) is 9.73. The summed E-state index contributed by atoms with van der Waals surface area (Å²) in [6.07, 6.45) is 0.911. The highest BCUT2D eigenvalue weighted by Crippen LogP contribution is 2.37. The van der Waals surface area contributed by atoms with Crippen molar-refractivity contribution in [3.8, 4) is 11.5 Å². The number of hydrogen-bond acceptors (Lipinski definition) is 10. The molecule has 1 unspecified atom stereocenters. The van der Waals surface area contributed by atoms with Crippen LogP contribution in [0.5, 0.6) is 11.5 Å². The molecule has 1 N–H and O–H groups in total. The number of nitrogens with zero attached hydrogens (tertiary/aromatic N) is 2. The van der Waals surface area contributed by atoms with E-state index in [1.165, 1.54) is 18.4 Å². The number of halogens is 1. The summed E-state index contributed by atoms with van der Waals surface area (Å²) < 4.78 is 21.6. The fourth-order valence-corrected chi connectivity index (χ4v) is 3.60. The van der Waals surface area contributed by atoms with Crippen LogP contribution in [0.3, 0.4) is 0 Å². The minimum absolute atomic E-state index is 0.117. The van der Waals surface area contributed by atoms with Gasteiger partial charge in [0.1, 0.15) is 0 Å². The summed E-state index contributed by atoms with van der Waals surface area (Å²) in [4.78, 5) is 27.5. The molecule has 1 aromatic carbocycles. The minimum atomic E-state index is -0.796. The number of hydrogen-bond donors (Lipinski definition) is 1. The topological polar surface area (TPSA) is 108 Å². The molecule has 1 heterocycles. The molecule has 9 nitrogen and oxygen atoms in total. The maximum Gasteiger partial charge on any atom is 0.346 e. The molecule has 2 aromatic rings. The molecule has 0 radical (unpaired) electrons. The number of benzene rings is 1. The molecule has 0 saturated heterocycles. The number of anilines is 1. The van der Waals surface area contributed by atoms with Crippen molar-refractivity contribution in [2.45, 2.75) is 33.3 Å². The lowest BCUT2D eigenvalue weighted by atomic mass is 10.2. The number of nitrogens with one attached hydrogen (secondary N) is 1. The van der Waals surface area contributed by atoms with Crippen molar-refractivity contribution in [1.82, 2.24) is 4.98 Å². The van der Waals surface area contributed by atoms with Gasteiger partial charge in [0.2, 0.25) is 5.13 Å². The Hall–Kier alpha value is -2.66. The first-order valence-electron chi connectivity index (χ1n) is 9.47. The van der Waals surface area contributed by atoms with Crippen molar-refractivity contribution in [2.24, 2.45) is 5.10 Å². The number of hydrazone groups is 1. The Bertz CT molecular complexity index is 934. The van der Waals surface area contributed by atoms with Crippen LogP contribution in [0.15, 0.2) is 27.1 Å². The Morgan fingerprint density at radius 2 is 2.10 bits per heavy atom. The third kappa shape index (κ3) is 7.51. The second kappa shape index (κ2) is 12.3. The third-order valence-electron chi connectivity index (χ3n) is 3.72. The number of aromatic nitrogens is 1. The zero-order valence-corrected chi connectivity index (χ0v) is 20.0. The normalized spacial score (nSPS) is 11.8. The van der Waals surface area contributed by atoms with E-state index in [1.54, 1.807) is 37.6 Å². The molecule has 0 saturated carbocycles. The van der Waals surface area contributed by atoms with Crippen molar-refractivity contribution in [3.63, 3.8) is 0 Å². The van der Waals surface area contributed by atoms with Crippen molar-refractivity contribution in [2.75, 3.05) is 25.7 Å². The quantitative estimate of drug-likeness (QED) is 0.274. The molecule has 0 aliphatic carbocycles. The summed E-state index contributed by atoms with van der Waals surface area (Å²) in [5, 5.41) is 6.50. The van der Waals surface area contributed by atoms with Crippen LogP contribution in [-0.2, 0) is 25.5 Å². The fourth-order valence-electron chi connectivity index (χ4n) is 2.39. The molecule has 0 spiro atoms. The maximum atomic E-state index is 11.7. The lowest BCUT2D eigenvalue weighted by molar-refractivity contribution is -0.148. The van der Waals surface area contributed by atoms with E-state index in [9.17, 15) is 9.59 Å². The zero-order valence-electron chi connectivity index (χ0n) is 17.6. The molecule has 0 fully saturated rings. The van der Waals surface area contributed by atoms with E-state index in [1.807, 2.05) is 6.92 Å². The molecule has 31 heavy (non-hydrogen) atoms. The van der Waals surface area contributed by atoms with E-state index >= 15 is 0 Å². The lowest BCUT2D eigenvalue weighted by Gasteiger charge is -2.17. The van der Waals surface area contributed by atoms with Gasteiger partial charge in [-0.15, -0.1) is 11.3 Å². The first-order chi connectivity index (χ1) is 14.9. The molecular weight excluding hydrogens is 490 g/mol. The lowest BCUT2D eigenvalue weighted by Crippen LogP contribution is -2.25. The largest absolute Gasteiger partial charge is 0.490 e. The summed E-state index contributed by atoms with van der Waals surface area (Å²) in [7, 11) is 1.30. The summed E-state index contributed by atoms with van der Waals surface area (Å²) >= 11 is 4.78. The van der Waals surface area contributed by atoms with Gasteiger partial charge in [-0.1, -0.05) is 0 Å². The van der Waals surface area contributed by atoms with E-state index in [4.69, 9.17) is 18.9 Å². The summed E-state index contributed by atoms with van der Waals surface area (Å²) in [6, 6.07) is 3.52. The molecule has 0 aliphatic rings. The van der Waals surface area contributed by atoms with Gasteiger partial charge in [-0.25, -0.2) is 9.78 Å². The molecule has 2 rings (SSSR count). The predicted octanol–water partition coefficient (Wildman–Crippen LogP) is 3.80. The van der Waals surface area contributed by atoms with E-state index in [-0.39, 0.29) is 12.4 Å². The van der Waals surface area contributed by atoms with Crippen LogP contribution in [0.25, 0.3) is 0 Å². The number of methoxy groups -OCH3 is 1. The van der Waals surface area contributed by atoms with Gasteiger partial charge in [0.05, 0.1) is 43.1 Å². The van der Waals surface area contributed by atoms with Crippen molar-refractivity contribution < 1.29 is 28.5 Å². The first-order valence-corrected chi connectivity index (χ1v) is 11.1. The van der Waals surface area contributed by atoms with Gasteiger partial charge in [0, 0.05) is 5.38 Å². The van der Waals surface area contributed by atoms with Crippen molar-refractivity contribution in [1.29, 1.82) is 0 Å². The van der Waals surface area contributed by atoms with Crippen LogP contribution in [0.1, 0.15) is 32.0 Å². The van der Waals surface area contributed by atoms with Gasteiger partial charge in [-0.2, -0.15) is 5.10 Å². The number of ether oxygens (including phenoxy) is 4. The second-order valence-corrected chi connectivity index (χ2v) is 7.75. The highest BCUT2D eigenvalue weighted by Gasteiger charge is 2.20. The van der Waals surface area contributed by atoms with Crippen LogP contribution in [0.4, 0.5) is 5.13 Å². The molecule has 1 aromatic heterocycles. The molecule has 11 heteroatoms. The zero-order chi connectivity index (χ0) is 22.8. The van der Waals surface area contributed by atoms with Gasteiger partial charge in [0.25, 0.3) is 0 Å². The number of thiazole rings is 1. The number of carbonyl (C=O) groups excluding carboxylic acids is 2. The molecule has 0 bridgehead atoms. The predicted molar refractivity (Wildman–Crippen MR) is 121 cm³/mol. The second-order valence-electron chi connectivity index (χ2n) is 6.04. The van der Waals surface area contributed by atoms with Crippen LogP contribution >= 0.6 is 27.3 Å². The van der Waals surface area contributed by atoms with Crippen LogP contribution < -0.4 is 14.9 Å². The highest BCUT2D eigenvalue weighted by atomic mass is 79.9. The minimum Gasteiger partial charge on any atom is -0.490 e. The molecule has 0 amide bonds. The molecule has 0 aliphatic heterocycles. The van der Waals surface area contributed by atoms with Gasteiger partial charge in [-0.3, -0.25) is 10.2 Å². The van der Waals surface area contributed by atoms with Gasteiger partial charge >= 0.3 is 11.9 Å². The van der Waals surface area contributed by atoms with Crippen molar-refractivity contribution in [3.05, 3.63) is 33.2 Å². The molecule has 1 atom stereocenters. The smallest absolute Gasteiger partial charge is 0.346 e. The summed E-state index contributed by atoms with van der Waals surface area (Å²) in [5.41, 5.74) is 4.18. The molecule has 168 valence electrons. The van der Waals surface area contributed by atoms with Gasteiger partial charge in [0.15, 0.2) is 17.6 Å².